The first-order valence-electron chi connectivity index (χ1n) is 19.8. The van der Waals surface area contributed by atoms with Gasteiger partial charge < -0.3 is 30.7 Å². The molecule has 5 aromatic carbocycles. The first-order valence-corrected chi connectivity index (χ1v) is 21.4. The Kier molecular flexibility index (Phi) is 17.5. The van der Waals surface area contributed by atoms with Crippen LogP contribution in [0.5, 0.6) is 11.5 Å². The van der Waals surface area contributed by atoms with E-state index in [0.717, 1.165) is 13.8 Å². The number of ketones is 2. The third-order valence-corrected chi connectivity index (χ3v) is 10.9. The van der Waals surface area contributed by atoms with E-state index in [2.05, 4.69) is 41.7 Å². The number of halogens is 4. The highest BCUT2D eigenvalue weighted by Crippen LogP contribution is 2.38. The normalized spacial score (nSPS) is 13.0. The Hall–Kier alpha value is -6.72. The van der Waals surface area contributed by atoms with E-state index in [1.807, 2.05) is 0 Å². The van der Waals surface area contributed by atoms with Crippen molar-refractivity contribution < 1.29 is 38.2 Å². The van der Waals surface area contributed by atoms with Crippen molar-refractivity contribution in [3.63, 3.8) is 0 Å². The zero-order chi connectivity index (χ0) is 48.2. The van der Waals surface area contributed by atoms with Crippen LogP contribution in [-0.2, 0) is 19.2 Å². The van der Waals surface area contributed by atoms with Crippen LogP contribution in [0, 0.1) is 0 Å². The van der Waals surface area contributed by atoms with E-state index in [0.29, 0.717) is 22.5 Å². The third-order valence-electron chi connectivity index (χ3n) is 9.59. The molecule has 0 aliphatic carbocycles. The van der Waals surface area contributed by atoms with Gasteiger partial charge >= 0.3 is 0 Å². The van der Waals surface area contributed by atoms with Crippen LogP contribution in [0.2, 0.25) is 10.0 Å². The fourth-order valence-corrected chi connectivity index (χ4v) is 7.09. The van der Waals surface area contributed by atoms with Gasteiger partial charge in [0.25, 0.3) is 23.6 Å². The number of nitrogens with zero attached hydrogens (tertiary/aromatic N) is 4. The number of Topliss-reactive ketones (excluding diaryl/α,β-unsaturated/α-hetero) is 2. The number of nitrogens with one attached hydrogen (secondary N) is 4. The van der Waals surface area contributed by atoms with Crippen molar-refractivity contribution in [2.75, 3.05) is 35.5 Å². The maximum absolute atomic E-state index is 13.6. The van der Waals surface area contributed by atoms with E-state index in [-0.39, 0.29) is 55.4 Å². The van der Waals surface area contributed by atoms with Crippen molar-refractivity contribution in [2.45, 2.75) is 50.5 Å². The van der Waals surface area contributed by atoms with Gasteiger partial charge in [0.15, 0.2) is 11.6 Å². The highest BCUT2D eigenvalue weighted by molar-refractivity contribution is 6.37. The number of alkyl halides is 2. The number of hydrogen-bond donors (Lipinski definition) is 4. The number of amides is 4. The van der Waals surface area contributed by atoms with Crippen LogP contribution in [0.4, 0.5) is 34.1 Å². The van der Waals surface area contributed by atoms with Crippen LogP contribution in [0.15, 0.2) is 118 Å². The molecule has 0 aliphatic rings. The molecule has 4 amide bonds. The summed E-state index contributed by atoms with van der Waals surface area (Å²) in [5, 5.41) is 25.8. The molecule has 4 atom stereocenters. The van der Waals surface area contributed by atoms with E-state index in [9.17, 15) is 28.8 Å². The van der Waals surface area contributed by atoms with Crippen molar-refractivity contribution in [1.29, 1.82) is 0 Å². The quantitative estimate of drug-likeness (QED) is 0.0375. The number of azo groups is 2. The second-order valence-corrected chi connectivity index (χ2v) is 16.3. The second-order valence-electron chi connectivity index (χ2n) is 14.3. The van der Waals surface area contributed by atoms with Crippen molar-refractivity contribution in [1.82, 2.24) is 0 Å². The Balaban J connectivity index is 1.32. The molecule has 5 aromatic rings. The maximum atomic E-state index is 13.6. The Morgan fingerprint density at radius 2 is 0.879 bits per heavy atom. The standard InChI is InChI=1S/C46H42Cl4N8O8/c1-23(47)27-13-7-9-17-31(27)51-43(61)29-15-11-19-33(39(29)49)55-57-41(25(3)59)45(63)53-35-21-38(66-6)36(22-37(35)65-5)54-46(64)42(26(4)60)58-56-34-20-12-16-30(40(34)50)44(62)52-32-18-10-8-14-28(32)24(2)48/h7-24,41-42H,1-6H3,(H,51,61)(H,52,62)(H,53,63)(H,54,64). The number of benzene rings is 5. The molecule has 0 saturated carbocycles. The fraction of sp³-hybridized carbons (Fsp3) is 0.217. The number of hydrogen-bond acceptors (Lipinski definition) is 12. The molecule has 5 rings (SSSR count). The van der Waals surface area contributed by atoms with Crippen LogP contribution in [0.1, 0.15) is 70.3 Å². The predicted molar refractivity (Wildman–Crippen MR) is 255 cm³/mol. The Morgan fingerprint density at radius 3 is 1.21 bits per heavy atom. The number of anilines is 4. The average molecular weight is 977 g/mol. The Morgan fingerprint density at radius 1 is 0.515 bits per heavy atom. The molecule has 0 saturated heterocycles. The van der Waals surface area contributed by atoms with Crippen LogP contribution in [-0.4, -0.2) is 61.5 Å². The Bertz CT molecular complexity index is 2560. The van der Waals surface area contributed by atoms with E-state index < -0.39 is 58.0 Å². The van der Waals surface area contributed by atoms with Crippen molar-refractivity contribution in [3.05, 3.63) is 129 Å². The van der Waals surface area contributed by atoms with Gasteiger partial charge in [0.05, 0.1) is 57.5 Å². The first-order chi connectivity index (χ1) is 31.4. The summed E-state index contributed by atoms with van der Waals surface area (Å²) in [6.07, 6.45) is 0. The summed E-state index contributed by atoms with van der Waals surface area (Å²) in [6.45, 7) is 5.80. The lowest BCUT2D eigenvalue weighted by atomic mass is 10.1. The van der Waals surface area contributed by atoms with E-state index >= 15 is 0 Å². The van der Waals surface area contributed by atoms with Gasteiger partial charge in [-0.05, 0) is 75.2 Å². The van der Waals surface area contributed by atoms with Gasteiger partial charge in [-0.15, -0.1) is 23.2 Å². The number of carbonyl (C=O) groups is 6. The highest BCUT2D eigenvalue weighted by Gasteiger charge is 2.28. The molecule has 0 fully saturated rings. The summed E-state index contributed by atoms with van der Waals surface area (Å²) < 4.78 is 11.0. The molecule has 16 nitrogen and oxygen atoms in total. The van der Waals surface area contributed by atoms with Gasteiger partial charge in [-0.25, -0.2) is 0 Å². The number of carbonyl (C=O) groups excluding carboxylic acids is 6. The lowest BCUT2D eigenvalue weighted by Crippen LogP contribution is -2.32. The van der Waals surface area contributed by atoms with Gasteiger partial charge in [0.1, 0.15) is 22.9 Å². The topological polar surface area (TPSA) is 218 Å². The number of ether oxygens (including phenoxy) is 2. The zero-order valence-electron chi connectivity index (χ0n) is 36.1. The molecular formula is C46H42Cl4N8O8. The molecule has 0 spiro atoms. The summed E-state index contributed by atoms with van der Waals surface area (Å²) in [4.78, 5) is 79.1. The van der Waals surface area contributed by atoms with Crippen LogP contribution in [0.3, 0.4) is 0 Å². The number of methoxy groups -OCH3 is 2. The van der Waals surface area contributed by atoms with Gasteiger partial charge in [-0.3, -0.25) is 28.8 Å². The van der Waals surface area contributed by atoms with E-state index in [1.54, 1.807) is 62.4 Å². The van der Waals surface area contributed by atoms with Crippen LogP contribution < -0.4 is 30.7 Å². The minimum atomic E-state index is -1.69. The molecule has 0 aliphatic heterocycles. The first kappa shape index (κ1) is 50.3. The largest absolute Gasteiger partial charge is 0.494 e. The van der Waals surface area contributed by atoms with Gasteiger partial charge in [0.2, 0.25) is 12.1 Å². The minimum Gasteiger partial charge on any atom is -0.494 e. The van der Waals surface area contributed by atoms with Crippen LogP contribution >= 0.6 is 46.4 Å². The molecule has 0 heterocycles. The smallest absolute Gasteiger partial charge is 0.258 e. The molecule has 4 unspecified atom stereocenters. The SMILES string of the molecule is COc1cc(NC(=O)C(N=Nc2cccc(C(=O)Nc3ccccc3C(C)Cl)c2Cl)C(C)=O)c(OC)cc1NC(=O)C(N=Nc1cccc(C(=O)Nc2ccccc2C(C)Cl)c1Cl)C(C)=O. The molecule has 66 heavy (non-hydrogen) atoms. The number of rotatable bonds is 18. The summed E-state index contributed by atoms with van der Waals surface area (Å²) >= 11 is 25.7. The molecule has 20 heteroatoms. The summed E-state index contributed by atoms with van der Waals surface area (Å²) in [5.41, 5.74) is 2.47. The van der Waals surface area contributed by atoms with Gasteiger partial charge in [-0.2, -0.15) is 20.5 Å². The predicted octanol–water partition coefficient (Wildman–Crippen LogP) is 11.5. The highest BCUT2D eigenvalue weighted by atomic mass is 35.5. The second kappa shape index (κ2) is 22.9. The Labute approximate surface area is 399 Å². The van der Waals surface area contributed by atoms with Crippen molar-refractivity contribution in [2.24, 2.45) is 20.5 Å². The molecule has 0 bridgehead atoms. The molecular weight excluding hydrogens is 934 g/mol. The summed E-state index contributed by atoms with van der Waals surface area (Å²) in [5.74, 6) is -4.34. The molecule has 0 aromatic heterocycles. The minimum absolute atomic E-state index is 0.00316. The molecule has 0 radical (unpaired) electrons. The average Bonchev–Trinajstić information content (AvgIpc) is 3.27. The van der Waals surface area contributed by atoms with E-state index in [1.165, 1.54) is 62.8 Å². The lowest BCUT2D eigenvalue weighted by molar-refractivity contribution is -0.127. The van der Waals surface area contributed by atoms with Crippen LogP contribution in [0.25, 0.3) is 0 Å². The summed E-state index contributed by atoms with van der Waals surface area (Å²) in [7, 11) is 2.57. The maximum Gasteiger partial charge on any atom is 0.258 e. The van der Waals surface area contributed by atoms with Crippen molar-refractivity contribution >= 4 is 116 Å². The number of para-hydroxylation sites is 2. The van der Waals surface area contributed by atoms with Crippen molar-refractivity contribution in [3.8, 4) is 11.5 Å². The molecule has 342 valence electrons. The molecule has 4 N–H and O–H groups in total. The fourth-order valence-electron chi connectivity index (χ4n) is 6.21. The monoisotopic (exact) mass is 974 g/mol. The third kappa shape index (κ3) is 12.3. The van der Waals surface area contributed by atoms with Gasteiger partial charge in [0, 0.05) is 23.5 Å². The zero-order valence-corrected chi connectivity index (χ0v) is 39.1. The lowest BCUT2D eigenvalue weighted by Gasteiger charge is -2.18. The van der Waals surface area contributed by atoms with Gasteiger partial charge in [-0.1, -0.05) is 71.7 Å². The van der Waals surface area contributed by atoms with E-state index in [4.69, 9.17) is 55.9 Å². The summed E-state index contributed by atoms with van der Waals surface area (Å²) in [6, 6.07) is 22.1.